The van der Waals surface area contributed by atoms with Gasteiger partial charge in [-0.3, -0.25) is 0 Å². The monoisotopic (exact) mass is 569 g/mol. The Morgan fingerprint density at radius 2 is 1.54 bits per heavy atom. The predicted molar refractivity (Wildman–Crippen MR) is 105 cm³/mol. The van der Waals surface area contributed by atoms with Gasteiger partial charge in [0.2, 0.25) is 0 Å². The quantitative estimate of drug-likeness (QED) is 0.414. The van der Waals surface area contributed by atoms with Crippen LogP contribution in [0.25, 0.3) is 5.57 Å². The summed E-state index contributed by atoms with van der Waals surface area (Å²) in [5.74, 6) is 0. The van der Waals surface area contributed by atoms with Crippen LogP contribution in [-0.2, 0) is 21.6 Å². The van der Waals surface area contributed by atoms with Crippen LogP contribution in [-0.4, -0.2) is 17.5 Å². The average Bonchev–Trinajstić information content (AvgIpc) is 2.59. The molecule has 0 radical (unpaired) electrons. The molecule has 0 heterocycles. The first-order chi connectivity index (χ1) is 11.5. The molecule has 0 saturated heterocycles. The fourth-order valence-corrected chi connectivity index (χ4v) is 2.61. The fourth-order valence-electron chi connectivity index (χ4n) is 2.14. The van der Waals surface area contributed by atoms with Gasteiger partial charge in [0, 0.05) is 6.10 Å². The molecule has 0 saturated carbocycles. The number of aliphatic hydroxyl groups excluding tert-OH is 1. The zero-order valence-corrected chi connectivity index (χ0v) is 19.5. The van der Waals surface area contributed by atoms with E-state index < -0.39 is 21.3 Å². The van der Waals surface area contributed by atoms with E-state index in [1.165, 1.54) is 17.3 Å². The molecule has 1 nitrogen and oxygen atoms in total. The molecule has 0 aromatic heterocycles. The van der Waals surface area contributed by atoms with Gasteiger partial charge in [-0.05, 0) is 24.7 Å². The average molecular weight is 571 g/mol. The van der Waals surface area contributed by atoms with E-state index in [1.807, 2.05) is 54.8 Å². The Labute approximate surface area is 166 Å². The van der Waals surface area contributed by atoms with Gasteiger partial charge in [0.25, 0.3) is 0 Å². The molecule has 130 valence electrons. The van der Waals surface area contributed by atoms with E-state index >= 15 is 0 Å². The van der Waals surface area contributed by atoms with Crippen LogP contribution in [0.3, 0.4) is 0 Å². The van der Waals surface area contributed by atoms with Gasteiger partial charge >= 0.3 is 42.8 Å². The van der Waals surface area contributed by atoms with Gasteiger partial charge in [0.15, 0.2) is 0 Å². The molecule has 24 heavy (non-hydrogen) atoms. The molecule has 0 bridgehead atoms. The number of halogens is 3. The minimum absolute atomic E-state index is 0.481. The number of benzene rings is 2. The van der Waals surface area contributed by atoms with Crippen LogP contribution in [0, 0.1) is 5.41 Å². The van der Waals surface area contributed by atoms with Crippen LogP contribution in [0.4, 0.5) is 0 Å². The third-order valence-electron chi connectivity index (χ3n) is 3.18. The Morgan fingerprint density at radius 1 is 1.04 bits per heavy atom. The molecule has 6 heteroatoms. The van der Waals surface area contributed by atoms with E-state index in [1.54, 1.807) is 0 Å². The molecule has 2 aromatic carbocycles. The van der Waals surface area contributed by atoms with E-state index in [-0.39, 0.29) is 0 Å². The second-order valence-electron chi connectivity index (χ2n) is 4.82. The zero-order valence-electron chi connectivity index (χ0n) is 13.2. The molecule has 2 aromatic rings. The molecule has 1 atom stereocenters. The molecule has 0 spiro atoms. The zero-order chi connectivity index (χ0) is 17.8. The summed E-state index contributed by atoms with van der Waals surface area (Å²) in [6, 6.07) is 20.3. The molecule has 0 aliphatic rings. The Bertz CT molecular complexity index is 591. The van der Waals surface area contributed by atoms with Crippen molar-refractivity contribution in [1.29, 1.82) is 0 Å². The molecular formula is C18H19Cl3OSTa-. The summed E-state index contributed by atoms with van der Waals surface area (Å²) in [6.45, 7) is 0. The summed E-state index contributed by atoms with van der Waals surface area (Å²) in [7, 11) is 15.0. The Kier molecular flexibility index (Phi) is 12.3. The second kappa shape index (κ2) is 13.3. The molecule has 1 unspecified atom stereocenters. The number of hydrogen-bond donors (Lipinski definition) is 1. The predicted octanol–water partition coefficient (Wildman–Crippen LogP) is 6.25. The van der Waals surface area contributed by atoms with Gasteiger partial charge in [-0.25, -0.2) is 17.2 Å². The Morgan fingerprint density at radius 3 is 2.04 bits per heavy atom. The Hall–Kier alpha value is 0.100. The van der Waals surface area contributed by atoms with Crippen molar-refractivity contribution in [3.05, 3.63) is 77.2 Å². The van der Waals surface area contributed by atoms with Crippen LogP contribution in [0.1, 0.15) is 17.5 Å². The third kappa shape index (κ3) is 9.55. The van der Waals surface area contributed by atoms with Crippen molar-refractivity contribution in [3.63, 3.8) is 0 Å². The van der Waals surface area contributed by atoms with E-state index in [2.05, 4.69) is 17.5 Å². The van der Waals surface area contributed by atoms with Crippen molar-refractivity contribution >= 4 is 44.9 Å². The van der Waals surface area contributed by atoms with Crippen molar-refractivity contribution in [2.24, 2.45) is 0 Å². The number of aliphatic hydroxyl groups is 1. The standard InChI is InChI=1S/C18H19OS.3ClH.Ta/c1-20-14-17(16-10-6-3-7-11-16)18(19)13-12-15-8-4-2-5-9-15;;;;/h2-11,18-19H,12-13H2,1H3;3*1H;/q-1;;;;+3/p-3. The first-order valence-electron chi connectivity index (χ1n) is 7.25. The maximum absolute atomic E-state index is 10.4. The molecule has 2 rings (SSSR count). The number of hydrogen-bond acceptors (Lipinski definition) is 2. The SMILES string of the molecule is CS[C-]=C(c1ccccc1)C(O)CCc1ccccc1.[Cl][Ta]([Cl])[Cl]. The molecular weight excluding hydrogens is 552 g/mol. The first kappa shape index (κ1) is 22.1. The van der Waals surface area contributed by atoms with Crippen LogP contribution in [0.2, 0.25) is 0 Å². The van der Waals surface area contributed by atoms with Gasteiger partial charge < -0.3 is 5.11 Å². The van der Waals surface area contributed by atoms with Gasteiger partial charge in [0.1, 0.15) is 0 Å². The first-order valence-corrected chi connectivity index (χ1v) is 20.4. The molecule has 0 aliphatic heterocycles. The minimum atomic E-state index is -2.18. The van der Waals surface area contributed by atoms with E-state index in [0.29, 0.717) is 6.42 Å². The van der Waals surface area contributed by atoms with Crippen LogP contribution in [0.5, 0.6) is 0 Å². The van der Waals surface area contributed by atoms with Gasteiger partial charge in [-0.15, -0.1) is 12.1 Å². The van der Waals surface area contributed by atoms with Gasteiger partial charge in [-0.1, -0.05) is 48.5 Å². The summed E-state index contributed by atoms with van der Waals surface area (Å²) in [5.41, 5.74) is 3.18. The van der Waals surface area contributed by atoms with Crippen molar-refractivity contribution in [2.45, 2.75) is 18.9 Å². The number of rotatable bonds is 6. The van der Waals surface area contributed by atoms with Crippen LogP contribution in [0.15, 0.2) is 60.7 Å². The van der Waals surface area contributed by atoms with E-state index in [0.717, 1.165) is 17.6 Å². The summed E-state index contributed by atoms with van der Waals surface area (Å²) >= 11 is -0.668. The fraction of sp³-hybridized carbons (Fsp3) is 0.222. The number of thioether (sulfide) groups is 1. The number of aryl methyl sites for hydroxylation is 1. The summed E-state index contributed by atoms with van der Waals surface area (Å²) in [5, 5.41) is 13.7. The second-order valence-corrected chi connectivity index (χ2v) is 19.4. The van der Waals surface area contributed by atoms with Crippen molar-refractivity contribution in [3.8, 4) is 0 Å². The third-order valence-corrected chi connectivity index (χ3v) is 3.60. The van der Waals surface area contributed by atoms with Crippen molar-refractivity contribution in [1.82, 2.24) is 0 Å². The maximum atomic E-state index is 10.4. The summed E-state index contributed by atoms with van der Waals surface area (Å²) in [6.07, 6.45) is 3.06. The van der Waals surface area contributed by atoms with E-state index in [4.69, 9.17) is 27.6 Å². The summed E-state index contributed by atoms with van der Waals surface area (Å²) < 4.78 is 0. The van der Waals surface area contributed by atoms with E-state index in [9.17, 15) is 5.11 Å². The topological polar surface area (TPSA) is 20.2 Å². The van der Waals surface area contributed by atoms with Gasteiger partial charge in [0.05, 0.1) is 0 Å². The van der Waals surface area contributed by atoms with Crippen LogP contribution >= 0.6 is 39.3 Å². The molecule has 0 amide bonds. The molecule has 0 aliphatic carbocycles. The van der Waals surface area contributed by atoms with Crippen molar-refractivity contribution in [2.75, 3.05) is 6.26 Å². The summed E-state index contributed by atoms with van der Waals surface area (Å²) in [4.78, 5) is 0. The van der Waals surface area contributed by atoms with Crippen LogP contribution < -0.4 is 0 Å². The molecule has 0 fully saturated rings. The van der Waals surface area contributed by atoms with Gasteiger partial charge in [-0.2, -0.15) is 11.1 Å². The normalized spacial score (nSPS) is 12.5. The molecule has 1 N–H and O–H groups in total. The Balaban J connectivity index is 0.000000648. The van der Waals surface area contributed by atoms with Crippen molar-refractivity contribution < 1.29 is 20.3 Å².